The third kappa shape index (κ3) is 3.97. The van der Waals surface area contributed by atoms with E-state index in [0.717, 1.165) is 12.6 Å². The average Bonchev–Trinajstić information content (AvgIpc) is 3.39. The van der Waals surface area contributed by atoms with Crippen molar-refractivity contribution >= 4 is 23.1 Å². The van der Waals surface area contributed by atoms with Crippen LogP contribution in [0, 0.1) is 5.82 Å². The van der Waals surface area contributed by atoms with E-state index < -0.39 is 17.7 Å². The molecule has 0 aliphatic carbocycles. The van der Waals surface area contributed by atoms with Crippen LogP contribution in [0.15, 0.2) is 18.5 Å². The first kappa shape index (κ1) is 20.2. The molecule has 2 bridgehead atoms. The molecule has 5 heterocycles. The molecule has 5 rings (SSSR count). The minimum Gasteiger partial charge on any atom is -0.378 e. The van der Waals surface area contributed by atoms with Crippen molar-refractivity contribution in [2.75, 3.05) is 54.6 Å². The summed E-state index contributed by atoms with van der Waals surface area (Å²) < 4.78 is 64.7. The van der Waals surface area contributed by atoms with Crippen molar-refractivity contribution in [3.8, 4) is 0 Å². The first-order chi connectivity index (χ1) is 14.9. The first-order valence-electron chi connectivity index (χ1n) is 9.96. The predicted octanol–water partition coefficient (Wildman–Crippen LogP) is 2.59. The summed E-state index contributed by atoms with van der Waals surface area (Å²) in [6.45, 7) is 3.01. The topological polar surface area (TPSA) is 75.6 Å². The van der Waals surface area contributed by atoms with Gasteiger partial charge >= 0.3 is 6.18 Å². The van der Waals surface area contributed by atoms with E-state index in [0.29, 0.717) is 51.3 Å². The van der Waals surface area contributed by atoms with Crippen molar-refractivity contribution in [1.82, 2.24) is 15.0 Å². The van der Waals surface area contributed by atoms with Crippen LogP contribution >= 0.6 is 0 Å². The summed E-state index contributed by atoms with van der Waals surface area (Å²) in [5, 5.41) is 2.86. The van der Waals surface area contributed by atoms with Gasteiger partial charge in [0, 0.05) is 25.7 Å². The molecule has 2 atom stereocenters. The van der Waals surface area contributed by atoms with Crippen LogP contribution in [-0.2, 0) is 15.7 Å². The zero-order chi connectivity index (χ0) is 21.6. The molecule has 1 N–H and O–H groups in total. The van der Waals surface area contributed by atoms with E-state index in [9.17, 15) is 13.2 Å². The molecule has 3 aliphatic rings. The van der Waals surface area contributed by atoms with Crippen molar-refractivity contribution in [2.24, 2.45) is 0 Å². The molecule has 166 valence electrons. The lowest BCUT2D eigenvalue weighted by molar-refractivity contribution is -0.141. The molecular weight excluding hydrogens is 420 g/mol. The standard InChI is InChI=1S/C19H20F4N6O2/c20-17-13(29-9-12-5-11(29)10-31-12)6-15(27-18(17)28-1-3-30-4-2-28)26-16-8-24-14(7-25-16)19(21,22)23/h6-8,11-12H,1-5,9-10H2,(H,25,26,27). The van der Waals surface area contributed by atoms with Crippen LogP contribution in [0.2, 0.25) is 0 Å². The zero-order valence-electron chi connectivity index (χ0n) is 16.4. The summed E-state index contributed by atoms with van der Waals surface area (Å²) in [6, 6.07) is 1.64. The van der Waals surface area contributed by atoms with Gasteiger partial charge in [0.1, 0.15) is 11.6 Å². The summed E-state index contributed by atoms with van der Waals surface area (Å²) in [5.74, 6) is 0.0956. The van der Waals surface area contributed by atoms with Crippen molar-refractivity contribution < 1.29 is 27.0 Å². The molecule has 8 nitrogen and oxygen atoms in total. The molecule has 0 aromatic carbocycles. The van der Waals surface area contributed by atoms with Crippen LogP contribution in [-0.4, -0.2) is 66.6 Å². The SMILES string of the molecule is Fc1c(N2CC3CC2CO3)cc(Nc2cnc(C(F)(F)F)cn2)nc1N1CCOCC1. The number of fused-ring (bicyclic) bond motifs is 2. The van der Waals surface area contributed by atoms with E-state index in [2.05, 4.69) is 20.3 Å². The van der Waals surface area contributed by atoms with E-state index in [1.165, 1.54) is 0 Å². The maximum Gasteiger partial charge on any atom is 0.434 e. The van der Waals surface area contributed by atoms with Crippen molar-refractivity contribution in [3.05, 3.63) is 30.0 Å². The fraction of sp³-hybridized carbons (Fsp3) is 0.526. The maximum absolute atomic E-state index is 15.5. The molecular formula is C19H20F4N6O2. The molecule has 2 aromatic rings. The molecule has 12 heteroatoms. The Bertz CT molecular complexity index is 952. The Morgan fingerprint density at radius 2 is 1.90 bits per heavy atom. The maximum atomic E-state index is 15.5. The smallest absolute Gasteiger partial charge is 0.378 e. The van der Waals surface area contributed by atoms with Gasteiger partial charge in [-0.25, -0.2) is 19.3 Å². The summed E-state index contributed by atoms with van der Waals surface area (Å²) in [5.41, 5.74) is -0.706. The monoisotopic (exact) mass is 440 g/mol. The number of nitrogens with zero attached hydrogens (tertiary/aromatic N) is 5. The average molecular weight is 440 g/mol. The molecule has 3 fully saturated rings. The van der Waals surface area contributed by atoms with Gasteiger partial charge in [0.2, 0.25) is 0 Å². The van der Waals surface area contributed by atoms with Crippen LogP contribution in [0.3, 0.4) is 0 Å². The van der Waals surface area contributed by atoms with Gasteiger partial charge in [0.25, 0.3) is 0 Å². The third-order valence-electron chi connectivity index (χ3n) is 5.64. The fourth-order valence-electron chi connectivity index (χ4n) is 4.13. The highest BCUT2D eigenvalue weighted by Crippen LogP contribution is 2.38. The predicted molar refractivity (Wildman–Crippen MR) is 103 cm³/mol. The van der Waals surface area contributed by atoms with Gasteiger partial charge in [-0.05, 0) is 6.42 Å². The van der Waals surface area contributed by atoms with Gasteiger partial charge in [-0.1, -0.05) is 0 Å². The van der Waals surface area contributed by atoms with Crippen LogP contribution in [0.1, 0.15) is 12.1 Å². The molecule has 0 radical (unpaired) electrons. The van der Waals surface area contributed by atoms with Gasteiger partial charge in [-0.15, -0.1) is 0 Å². The number of alkyl halides is 3. The van der Waals surface area contributed by atoms with Crippen LogP contribution in [0.25, 0.3) is 0 Å². The minimum atomic E-state index is -4.58. The van der Waals surface area contributed by atoms with Crippen molar-refractivity contribution in [2.45, 2.75) is 24.7 Å². The minimum absolute atomic E-state index is 0.0709. The zero-order valence-corrected chi connectivity index (χ0v) is 16.4. The lowest BCUT2D eigenvalue weighted by Gasteiger charge is -2.33. The van der Waals surface area contributed by atoms with E-state index in [4.69, 9.17) is 9.47 Å². The highest BCUT2D eigenvalue weighted by Gasteiger charge is 2.41. The number of anilines is 4. The molecule has 0 spiro atoms. The normalized spacial score (nSPS) is 23.5. The Morgan fingerprint density at radius 3 is 2.52 bits per heavy atom. The highest BCUT2D eigenvalue weighted by atomic mass is 19.4. The van der Waals surface area contributed by atoms with E-state index in [-0.39, 0.29) is 29.6 Å². The molecule has 0 saturated carbocycles. The Balaban J connectivity index is 1.48. The molecule has 0 amide bonds. The Morgan fingerprint density at radius 1 is 1.10 bits per heavy atom. The van der Waals surface area contributed by atoms with Crippen molar-refractivity contribution in [1.29, 1.82) is 0 Å². The largest absolute Gasteiger partial charge is 0.434 e. The lowest BCUT2D eigenvalue weighted by atomic mass is 10.2. The summed E-state index contributed by atoms with van der Waals surface area (Å²) in [7, 11) is 0. The van der Waals surface area contributed by atoms with E-state index >= 15 is 4.39 Å². The molecule has 31 heavy (non-hydrogen) atoms. The molecule has 2 unspecified atom stereocenters. The number of ether oxygens (including phenoxy) is 2. The van der Waals surface area contributed by atoms with Gasteiger partial charge in [-0.2, -0.15) is 13.2 Å². The molecule has 3 saturated heterocycles. The summed E-state index contributed by atoms with van der Waals surface area (Å²) in [6.07, 6.45) is -2.04. The number of morpholine rings is 2. The van der Waals surface area contributed by atoms with Gasteiger partial charge in [0.05, 0.1) is 50.0 Å². The van der Waals surface area contributed by atoms with E-state index in [1.54, 1.807) is 11.0 Å². The fourth-order valence-corrected chi connectivity index (χ4v) is 4.13. The number of hydrogen-bond donors (Lipinski definition) is 1. The number of pyridine rings is 1. The van der Waals surface area contributed by atoms with Crippen LogP contribution in [0.5, 0.6) is 0 Å². The number of aromatic nitrogens is 3. The van der Waals surface area contributed by atoms with Gasteiger partial charge < -0.3 is 24.6 Å². The first-order valence-corrected chi connectivity index (χ1v) is 9.96. The second kappa shape index (κ2) is 7.75. The van der Waals surface area contributed by atoms with Crippen LogP contribution in [0.4, 0.5) is 40.7 Å². The number of halogens is 4. The molecule has 2 aromatic heterocycles. The number of rotatable bonds is 4. The van der Waals surface area contributed by atoms with Gasteiger partial charge in [0.15, 0.2) is 17.3 Å². The quantitative estimate of drug-likeness (QED) is 0.728. The Kier molecular flexibility index (Phi) is 5.05. The summed E-state index contributed by atoms with van der Waals surface area (Å²) in [4.78, 5) is 15.3. The number of nitrogens with one attached hydrogen (secondary N) is 1. The van der Waals surface area contributed by atoms with E-state index in [1.807, 2.05) is 4.90 Å². The van der Waals surface area contributed by atoms with Crippen LogP contribution < -0.4 is 15.1 Å². The Hall–Kier alpha value is -2.73. The second-order valence-electron chi connectivity index (χ2n) is 7.67. The Labute approximate surface area is 175 Å². The summed E-state index contributed by atoms with van der Waals surface area (Å²) >= 11 is 0. The molecule has 3 aliphatic heterocycles. The lowest BCUT2D eigenvalue weighted by Crippen LogP contribution is -2.40. The third-order valence-corrected chi connectivity index (χ3v) is 5.64. The highest BCUT2D eigenvalue weighted by molar-refractivity contribution is 5.67. The second-order valence-corrected chi connectivity index (χ2v) is 7.67. The number of hydrogen-bond acceptors (Lipinski definition) is 8. The van der Waals surface area contributed by atoms with Gasteiger partial charge in [-0.3, -0.25) is 0 Å². The van der Waals surface area contributed by atoms with Crippen molar-refractivity contribution in [3.63, 3.8) is 0 Å².